The molecule has 2 aromatic rings. The Balaban J connectivity index is 2.12. The first kappa shape index (κ1) is 13.4. The summed E-state index contributed by atoms with van der Waals surface area (Å²) in [5.74, 6) is 2.54. The Morgan fingerprint density at radius 2 is 2.21 bits per heavy atom. The number of ether oxygens (including phenoxy) is 2. The van der Waals surface area contributed by atoms with E-state index in [1.807, 2.05) is 25.2 Å². The Labute approximate surface area is 111 Å². The molecule has 0 aliphatic carbocycles. The Morgan fingerprint density at radius 3 is 2.84 bits per heavy atom. The van der Waals surface area contributed by atoms with E-state index in [0.717, 1.165) is 17.1 Å². The molecule has 19 heavy (non-hydrogen) atoms. The van der Waals surface area contributed by atoms with Crippen molar-refractivity contribution in [3.8, 4) is 11.5 Å². The number of methoxy groups -OCH3 is 1. The maximum atomic E-state index is 5.72. The minimum atomic E-state index is 0.241. The topological polar surface area (TPSA) is 69.4 Å². The van der Waals surface area contributed by atoms with E-state index in [0.29, 0.717) is 18.3 Å². The number of benzene rings is 1. The summed E-state index contributed by atoms with van der Waals surface area (Å²) in [7, 11) is 3.51. The lowest BCUT2D eigenvalue weighted by Gasteiger charge is -2.11. The van der Waals surface area contributed by atoms with E-state index in [4.69, 9.17) is 14.0 Å². The zero-order valence-electron chi connectivity index (χ0n) is 11.3. The third-order valence-electron chi connectivity index (χ3n) is 2.56. The van der Waals surface area contributed by atoms with Crippen LogP contribution in [0.2, 0.25) is 0 Å². The van der Waals surface area contributed by atoms with Gasteiger partial charge in [-0.1, -0.05) is 11.2 Å². The fourth-order valence-electron chi connectivity index (χ4n) is 1.67. The van der Waals surface area contributed by atoms with Crippen molar-refractivity contribution in [3.63, 3.8) is 0 Å². The first-order valence-corrected chi connectivity index (χ1v) is 5.96. The van der Waals surface area contributed by atoms with Crippen LogP contribution in [0.5, 0.6) is 11.5 Å². The van der Waals surface area contributed by atoms with E-state index < -0.39 is 0 Å². The summed E-state index contributed by atoms with van der Waals surface area (Å²) in [6.45, 7) is 2.72. The fourth-order valence-corrected chi connectivity index (χ4v) is 1.67. The minimum absolute atomic E-state index is 0.241. The van der Waals surface area contributed by atoms with E-state index in [1.54, 1.807) is 14.0 Å². The van der Waals surface area contributed by atoms with Gasteiger partial charge in [-0.05, 0) is 20.0 Å². The molecular weight excluding hydrogens is 246 g/mol. The van der Waals surface area contributed by atoms with Crippen molar-refractivity contribution < 1.29 is 14.0 Å². The van der Waals surface area contributed by atoms with Gasteiger partial charge in [-0.2, -0.15) is 4.98 Å². The summed E-state index contributed by atoms with van der Waals surface area (Å²) in [4.78, 5) is 4.09. The van der Waals surface area contributed by atoms with Crippen LogP contribution in [0, 0.1) is 6.92 Å². The molecule has 1 aromatic heterocycles. The van der Waals surface area contributed by atoms with Gasteiger partial charge in [-0.25, -0.2) is 0 Å². The average Bonchev–Trinajstić information content (AvgIpc) is 2.83. The summed E-state index contributed by atoms with van der Waals surface area (Å²) in [5.41, 5.74) is 1.04. The van der Waals surface area contributed by atoms with E-state index in [1.165, 1.54) is 0 Å². The smallest absolute Gasteiger partial charge is 0.264 e. The van der Waals surface area contributed by atoms with Crippen molar-refractivity contribution in [2.75, 3.05) is 14.2 Å². The first-order valence-electron chi connectivity index (χ1n) is 5.96. The van der Waals surface area contributed by atoms with Crippen LogP contribution in [0.1, 0.15) is 17.3 Å². The highest BCUT2D eigenvalue weighted by molar-refractivity contribution is 5.40. The molecule has 1 heterocycles. The normalized spacial score (nSPS) is 10.5. The summed E-state index contributed by atoms with van der Waals surface area (Å²) >= 11 is 0. The predicted octanol–water partition coefficient (Wildman–Crippen LogP) is 1.69. The fraction of sp³-hybridized carbons (Fsp3) is 0.385. The van der Waals surface area contributed by atoms with Crippen LogP contribution in [-0.2, 0) is 13.2 Å². The standard InChI is InChI=1S/C13H17N3O3/c1-9-15-13(19-16-9)8-18-12-6-11(17-3)5-4-10(12)7-14-2/h4-6,14H,7-8H2,1-3H3. The highest BCUT2D eigenvalue weighted by Crippen LogP contribution is 2.25. The molecule has 0 saturated carbocycles. The van der Waals surface area contributed by atoms with Gasteiger partial charge in [0.2, 0.25) is 0 Å². The first-order chi connectivity index (χ1) is 9.22. The van der Waals surface area contributed by atoms with Crippen molar-refractivity contribution in [2.45, 2.75) is 20.1 Å². The van der Waals surface area contributed by atoms with Gasteiger partial charge in [-0.3, -0.25) is 0 Å². The van der Waals surface area contributed by atoms with Gasteiger partial charge in [0.1, 0.15) is 11.5 Å². The molecule has 1 N–H and O–H groups in total. The van der Waals surface area contributed by atoms with Gasteiger partial charge < -0.3 is 19.3 Å². The molecule has 0 amide bonds. The number of hydrogen-bond donors (Lipinski definition) is 1. The number of nitrogens with zero attached hydrogens (tertiary/aromatic N) is 2. The number of hydrogen-bond acceptors (Lipinski definition) is 6. The predicted molar refractivity (Wildman–Crippen MR) is 69.1 cm³/mol. The molecular formula is C13H17N3O3. The summed E-state index contributed by atoms with van der Waals surface area (Å²) in [6, 6.07) is 5.70. The van der Waals surface area contributed by atoms with Crippen LogP contribution in [0.25, 0.3) is 0 Å². The number of nitrogens with one attached hydrogen (secondary N) is 1. The lowest BCUT2D eigenvalue weighted by atomic mass is 10.2. The van der Waals surface area contributed by atoms with Crippen LogP contribution in [0.15, 0.2) is 22.7 Å². The molecule has 0 fully saturated rings. The second-order valence-electron chi connectivity index (χ2n) is 4.03. The largest absolute Gasteiger partial charge is 0.497 e. The molecule has 1 aromatic carbocycles. The van der Waals surface area contributed by atoms with Gasteiger partial charge in [0.15, 0.2) is 12.4 Å². The molecule has 6 heteroatoms. The van der Waals surface area contributed by atoms with Crippen LogP contribution in [0.4, 0.5) is 0 Å². The second-order valence-corrected chi connectivity index (χ2v) is 4.03. The van der Waals surface area contributed by atoms with Crippen molar-refractivity contribution >= 4 is 0 Å². The molecule has 102 valence electrons. The molecule has 0 spiro atoms. The van der Waals surface area contributed by atoms with Crippen LogP contribution >= 0.6 is 0 Å². The van der Waals surface area contributed by atoms with E-state index in [2.05, 4.69) is 15.5 Å². The Bertz CT molecular complexity index is 540. The van der Waals surface area contributed by atoms with Crippen molar-refractivity contribution in [1.29, 1.82) is 0 Å². The Kier molecular flexibility index (Phi) is 4.35. The number of aromatic nitrogens is 2. The van der Waals surface area contributed by atoms with Gasteiger partial charge in [0.05, 0.1) is 7.11 Å². The van der Waals surface area contributed by atoms with Crippen LogP contribution in [0.3, 0.4) is 0 Å². The van der Waals surface area contributed by atoms with Crippen molar-refractivity contribution in [2.24, 2.45) is 0 Å². The number of aryl methyl sites for hydroxylation is 1. The molecule has 6 nitrogen and oxygen atoms in total. The van der Waals surface area contributed by atoms with Gasteiger partial charge in [-0.15, -0.1) is 0 Å². The van der Waals surface area contributed by atoms with Crippen LogP contribution in [-0.4, -0.2) is 24.3 Å². The lowest BCUT2D eigenvalue weighted by Crippen LogP contribution is -2.08. The lowest BCUT2D eigenvalue weighted by molar-refractivity contribution is 0.239. The van der Waals surface area contributed by atoms with E-state index >= 15 is 0 Å². The van der Waals surface area contributed by atoms with Gasteiger partial charge in [0, 0.05) is 18.2 Å². The van der Waals surface area contributed by atoms with E-state index in [-0.39, 0.29) is 6.61 Å². The average molecular weight is 263 g/mol. The monoisotopic (exact) mass is 263 g/mol. The molecule has 0 bridgehead atoms. The summed E-state index contributed by atoms with van der Waals surface area (Å²) < 4.78 is 15.9. The summed E-state index contributed by atoms with van der Waals surface area (Å²) in [6.07, 6.45) is 0. The molecule has 0 radical (unpaired) electrons. The zero-order chi connectivity index (χ0) is 13.7. The second kappa shape index (κ2) is 6.19. The maximum absolute atomic E-state index is 5.72. The molecule has 0 aliphatic heterocycles. The maximum Gasteiger partial charge on any atom is 0.264 e. The van der Waals surface area contributed by atoms with Gasteiger partial charge >= 0.3 is 0 Å². The molecule has 0 aliphatic rings. The van der Waals surface area contributed by atoms with Crippen molar-refractivity contribution in [3.05, 3.63) is 35.5 Å². The Hall–Kier alpha value is -2.08. The zero-order valence-corrected chi connectivity index (χ0v) is 11.3. The molecule has 0 atom stereocenters. The molecule has 0 saturated heterocycles. The van der Waals surface area contributed by atoms with E-state index in [9.17, 15) is 0 Å². The third kappa shape index (κ3) is 3.45. The summed E-state index contributed by atoms with van der Waals surface area (Å²) in [5, 5.41) is 6.81. The van der Waals surface area contributed by atoms with Gasteiger partial charge in [0.25, 0.3) is 5.89 Å². The minimum Gasteiger partial charge on any atom is -0.497 e. The molecule has 0 unspecified atom stereocenters. The number of rotatable bonds is 6. The quantitative estimate of drug-likeness (QED) is 0.855. The Morgan fingerprint density at radius 1 is 1.37 bits per heavy atom. The third-order valence-corrected chi connectivity index (χ3v) is 2.56. The highest BCUT2D eigenvalue weighted by atomic mass is 16.5. The van der Waals surface area contributed by atoms with Crippen LogP contribution < -0.4 is 14.8 Å². The SMILES string of the molecule is CNCc1ccc(OC)cc1OCc1nc(C)no1. The van der Waals surface area contributed by atoms with Crippen molar-refractivity contribution in [1.82, 2.24) is 15.5 Å². The highest BCUT2D eigenvalue weighted by Gasteiger charge is 2.08. The molecule has 2 rings (SSSR count).